The van der Waals surface area contributed by atoms with Gasteiger partial charge in [0.15, 0.2) is 5.82 Å². The fourth-order valence-corrected chi connectivity index (χ4v) is 2.38. The van der Waals surface area contributed by atoms with Crippen molar-refractivity contribution in [3.05, 3.63) is 47.1 Å². The SMILES string of the molecule is CC(c1noc(C2CCCO2)n1)c1c(F)cccc1F. The topological polar surface area (TPSA) is 48.2 Å². The van der Waals surface area contributed by atoms with Crippen LogP contribution in [0.5, 0.6) is 0 Å². The third-order valence-electron chi connectivity index (χ3n) is 3.48. The van der Waals surface area contributed by atoms with Gasteiger partial charge in [0.2, 0.25) is 0 Å². The molecule has 2 atom stereocenters. The highest BCUT2D eigenvalue weighted by molar-refractivity contribution is 5.27. The Bertz CT molecular complexity index is 589. The highest BCUT2D eigenvalue weighted by Crippen LogP contribution is 2.31. The van der Waals surface area contributed by atoms with Gasteiger partial charge in [0, 0.05) is 12.2 Å². The third-order valence-corrected chi connectivity index (χ3v) is 3.48. The molecule has 2 unspecified atom stereocenters. The van der Waals surface area contributed by atoms with Gasteiger partial charge in [0.1, 0.15) is 17.7 Å². The van der Waals surface area contributed by atoms with Crippen molar-refractivity contribution in [2.45, 2.75) is 31.8 Å². The average Bonchev–Trinajstić information content (AvgIpc) is 3.09. The van der Waals surface area contributed by atoms with Gasteiger partial charge in [0.05, 0.1) is 5.92 Å². The number of hydrogen-bond donors (Lipinski definition) is 0. The van der Waals surface area contributed by atoms with Crippen LogP contribution in [0.25, 0.3) is 0 Å². The highest BCUT2D eigenvalue weighted by Gasteiger charge is 2.27. The Balaban J connectivity index is 1.89. The summed E-state index contributed by atoms with van der Waals surface area (Å²) in [6.45, 7) is 2.31. The van der Waals surface area contributed by atoms with Crippen molar-refractivity contribution in [2.24, 2.45) is 0 Å². The molecule has 1 aromatic heterocycles. The molecule has 2 heterocycles. The predicted octanol–water partition coefficient (Wildman–Crippen LogP) is 3.35. The lowest BCUT2D eigenvalue weighted by molar-refractivity contribution is 0.0835. The second-order valence-corrected chi connectivity index (χ2v) is 4.85. The summed E-state index contributed by atoms with van der Waals surface area (Å²) in [6.07, 6.45) is 1.57. The maximum atomic E-state index is 13.7. The van der Waals surface area contributed by atoms with Crippen LogP contribution in [0.15, 0.2) is 22.7 Å². The van der Waals surface area contributed by atoms with Gasteiger partial charge in [-0.25, -0.2) is 8.78 Å². The van der Waals surface area contributed by atoms with E-state index in [0.29, 0.717) is 12.5 Å². The van der Waals surface area contributed by atoms with Crippen LogP contribution in [0, 0.1) is 11.6 Å². The van der Waals surface area contributed by atoms with Gasteiger partial charge in [-0.15, -0.1) is 0 Å². The molecule has 2 aromatic rings. The largest absolute Gasteiger partial charge is 0.368 e. The number of halogens is 2. The maximum Gasteiger partial charge on any atom is 0.255 e. The molecule has 20 heavy (non-hydrogen) atoms. The van der Waals surface area contributed by atoms with Crippen LogP contribution < -0.4 is 0 Å². The molecule has 1 aromatic carbocycles. The molecule has 106 valence electrons. The van der Waals surface area contributed by atoms with E-state index in [2.05, 4.69) is 10.1 Å². The standard InChI is InChI=1S/C14H14F2N2O2/c1-8(12-9(15)4-2-5-10(12)16)13-17-14(20-18-13)11-6-3-7-19-11/h2,4-5,8,11H,3,6-7H2,1H3. The molecule has 0 amide bonds. The van der Waals surface area contributed by atoms with E-state index in [9.17, 15) is 8.78 Å². The zero-order valence-electron chi connectivity index (χ0n) is 11.0. The van der Waals surface area contributed by atoms with Crippen molar-refractivity contribution < 1.29 is 18.0 Å². The second-order valence-electron chi connectivity index (χ2n) is 4.85. The van der Waals surface area contributed by atoms with Gasteiger partial charge >= 0.3 is 0 Å². The Labute approximate surface area is 114 Å². The van der Waals surface area contributed by atoms with Crippen molar-refractivity contribution in [1.29, 1.82) is 0 Å². The van der Waals surface area contributed by atoms with Crippen LogP contribution in [-0.4, -0.2) is 16.7 Å². The van der Waals surface area contributed by atoms with Crippen molar-refractivity contribution in [1.82, 2.24) is 10.1 Å². The van der Waals surface area contributed by atoms with Gasteiger partial charge < -0.3 is 9.26 Å². The minimum absolute atomic E-state index is 0.0489. The first kappa shape index (κ1) is 13.2. The lowest BCUT2D eigenvalue weighted by Gasteiger charge is -2.09. The fraction of sp³-hybridized carbons (Fsp3) is 0.429. The maximum absolute atomic E-state index is 13.7. The Morgan fingerprint density at radius 3 is 2.70 bits per heavy atom. The van der Waals surface area contributed by atoms with E-state index in [1.165, 1.54) is 18.2 Å². The quantitative estimate of drug-likeness (QED) is 0.865. The van der Waals surface area contributed by atoms with E-state index in [1.807, 2.05) is 0 Å². The lowest BCUT2D eigenvalue weighted by atomic mass is 9.99. The Morgan fingerprint density at radius 1 is 1.30 bits per heavy atom. The minimum atomic E-state index is -0.616. The van der Waals surface area contributed by atoms with Gasteiger partial charge in [-0.05, 0) is 25.0 Å². The molecule has 4 nitrogen and oxygen atoms in total. The summed E-state index contributed by atoms with van der Waals surface area (Å²) in [5.41, 5.74) is -0.0489. The molecule has 6 heteroatoms. The molecule has 1 aliphatic heterocycles. The van der Waals surface area contributed by atoms with Crippen LogP contribution in [0.2, 0.25) is 0 Å². The van der Waals surface area contributed by atoms with Crippen LogP contribution in [0.1, 0.15) is 49.1 Å². The average molecular weight is 280 g/mol. The molecular formula is C14H14F2N2O2. The first-order valence-corrected chi connectivity index (χ1v) is 6.56. The molecular weight excluding hydrogens is 266 g/mol. The van der Waals surface area contributed by atoms with Crippen molar-refractivity contribution >= 4 is 0 Å². The molecule has 0 spiro atoms. The lowest BCUT2D eigenvalue weighted by Crippen LogP contribution is -2.05. The molecule has 1 saturated heterocycles. The number of hydrogen-bond acceptors (Lipinski definition) is 4. The number of ether oxygens (including phenoxy) is 1. The molecule has 0 saturated carbocycles. The van der Waals surface area contributed by atoms with E-state index in [4.69, 9.17) is 9.26 Å². The van der Waals surface area contributed by atoms with Gasteiger partial charge in [-0.1, -0.05) is 18.1 Å². The first-order valence-electron chi connectivity index (χ1n) is 6.56. The molecule has 1 aliphatic rings. The van der Waals surface area contributed by atoms with Gasteiger partial charge in [0.25, 0.3) is 5.89 Å². The Kier molecular flexibility index (Phi) is 3.48. The van der Waals surface area contributed by atoms with E-state index in [-0.39, 0.29) is 17.5 Å². The number of aromatic nitrogens is 2. The molecule has 0 radical (unpaired) electrons. The first-order chi connectivity index (χ1) is 9.66. The van der Waals surface area contributed by atoms with Crippen molar-refractivity contribution in [2.75, 3.05) is 6.61 Å². The van der Waals surface area contributed by atoms with Gasteiger partial charge in [-0.3, -0.25) is 0 Å². The predicted molar refractivity (Wildman–Crippen MR) is 66.1 cm³/mol. The van der Waals surface area contributed by atoms with E-state index < -0.39 is 17.6 Å². The fourth-order valence-electron chi connectivity index (χ4n) is 2.38. The second kappa shape index (κ2) is 5.28. The molecule has 0 aliphatic carbocycles. The number of benzene rings is 1. The zero-order valence-corrected chi connectivity index (χ0v) is 11.0. The highest BCUT2D eigenvalue weighted by atomic mass is 19.1. The molecule has 0 N–H and O–H groups in total. The Morgan fingerprint density at radius 2 is 2.05 bits per heavy atom. The summed E-state index contributed by atoms with van der Waals surface area (Å²) in [7, 11) is 0. The third kappa shape index (κ3) is 2.31. The smallest absolute Gasteiger partial charge is 0.255 e. The molecule has 0 bridgehead atoms. The van der Waals surface area contributed by atoms with Crippen molar-refractivity contribution in [3.63, 3.8) is 0 Å². The summed E-state index contributed by atoms with van der Waals surface area (Å²) in [5.74, 6) is -1.20. The van der Waals surface area contributed by atoms with Crippen molar-refractivity contribution in [3.8, 4) is 0 Å². The van der Waals surface area contributed by atoms with E-state index in [1.54, 1.807) is 6.92 Å². The van der Waals surface area contributed by atoms with Crippen LogP contribution >= 0.6 is 0 Å². The van der Waals surface area contributed by atoms with E-state index >= 15 is 0 Å². The van der Waals surface area contributed by atoms with Gasteiger partial charge in [-0.2, -0.15) is 4.98 Å². The normalized spacial score (nSPS) is 20.2. The summed E-state index contributed by atoms with van der Waals surface area (Å²) in [4.78, 5) is 4.21. The molecule has 3 rings (SSSR count). The minimum Gasteiger partial charge on any atom is -0.368 e. The molecule has 1 fully saturated rings. The van der Waals surface area contributed by atoms with Crippen LogP contribution in [0.3, 0.4) is 0 Å². The van der Waals surface area contributed by atoms with E-state index in [0.717, 1.165) is 12.8 Å². The van der Waals surface area contributed by atoms with Crippen LogP contribution in [-0.2, 0) is 4.74 Å². The summed E-state index contributed by atoms with van der Waals surface area (Å²) < 4.78 is 38.1. The number of nitrogens with zero attached hydrogens (tertiary/aromatic N) is 2. The monoisotopic (exact) mass is 280 g/mol. The zero-order chi connectivity index (χ0) is 14.1. The number of rotatable bonds is 3. The Hall–Kier alpha value is -1.82. The van der Waals surface area contributed by atoms with Crippen LogP contribution in [0.4, 0.5) is 8.78 Å². The summed E-state index contributed by atoms with van der Waals surface area (Å²) >= 11 is 0. The summed E-state index contributed by atoms with van der Waals surface area (Å²) in [6, 6.07) is 3.76. The summed E-state index contributed by atoms with van der Waals surface area (Å²) in [5, 5.41) is 3.82.